The minimum atomic E-state index is -4.35. The second-order valence-corrected chi connectivity index (χ2v) is 8.50. The van der Waals surface area contributed by atoms with Crippen LogP contribution in [0.4, 0.5) is 13.2 Å². The van der Waals surface area contributed by atoms with Gasteiger partial charge in [-0.05, 0) is 44.1 Å². The van der Waals surface area contributed by atoms with Crippen molar-refractivity contribution < 1.29 is 18.0 Å². The van der Waals surface area contributed by atoms with Gasteiger partial charge in [-0.2, -0.15) is 18.3 Å². The normalized spacial score (nSPS) is 29.1. The fourth-order valence-corrected chi connectivity index (χ4v) is 5.09. The van der Waals surface area contributed by atoms with Crippen molar-refractivity contribution in [3.63, 3.8) is 0 Å². The number of aromatic amines is 1. The van der Waals surface area contributed by atoms with Gasteiger partial charge in [-0.25, -0.2) is 0 Å². The van der Waals surface area contributed by atoms with Crippen LogP contribution >= 0.6 is 0 Å². The Hall–Kier alpha value is -2.45. The first kappa shape index (κ1) is 19.8. The van der Waals surface area contributed by atoms with E-state index in [0.29, 0.717) is 25.9 Å². The first-order valence-corrected chi connectivity index (χ1v) is 9.95. The van der Waals surface area contributed by atoms with Gasteiger partial charge in [-0.1, -0.05) is 6.08 Å². The van der Waals surface area contributed by atoms with Gasteiger partial charge in [0.2, 0.25) is 6.41 Å². The van der Waals surface area contributed by atoms with E-state index in [1.54, 1.807) is 11.1 Å². The van der Waals surface area contributed by atoms with Crippen LogP contribution in [0.15, 0.2) is 24.2 Å². The first-order chi connectivity index (χ1) is 13.8. The fourth-order valence-electron chi connectivity index (χ4n) is 5.09. The third kappa shape index (κ3) is 3.40. The molecule has 6 nitrogen and oxygen atoms in total. The summed E-state index contributed by atoms with van der Waals surface area (Å²) < 4.78 is 41.6. The number of fused-ring (bicyclic) bond motifs is 4. The molecule has 2 bridgehead atoms. The Morgan fingerprint density at radius 3 is 2.76 bits per heavy atom. The van der Waals surface area contributed by atoms with Gasteiger partial charge in [-0.15, -0.1) is 0 Å². The molecule has 0 aromatic carbocycles. The summed E-state index contributed by atoms with van der Waals surface area (Å²) in [4.78, 5) is 12.9. The third-order valence-corrected chi connectivity index (χ3v) is 6.63. The highest BCUT2D eigenvalue weighted by Gasteiger charge is 2.66. The average molecular weight is 409 g/mol. The van der Waals surface area contributed by atoms with E-state index >= 15 is 0 Å². The number of nitrogens with two attached hydrogens (primary N) is 1. The van der Waals surface area contributed by atoms with Gasteiger partial charge in [-0.3, -0.25) is 9.89 Å². The topological polar surface area (TPSA) is 87.0 Å². The molecule has 9 heteroatoms. The molecule has 1 aliphatic heterocycles. The summed E-state index contributed by atoms with van der Waals surface area (Å²) in [5.74, 6) is 0.252. The molecule has 2 fully saturated rings. The maximum atomic E-state index is 13.9. The highest BCUT2D eigenvalue weighted by atomic mass is 19.4. The van der Waals surface area contributed by atoms with Crippen LogP contribution < -0.4 is 11.1 Å². The number of carbonyl (C=O) groups is 1. The van der Waals surface area contributed by atoms with E-state index in [1.807, 2.05) is 6.92 Å². The third-order valence-electron chi connectivity index (χ3n) is 6.63. The van der Waals surface area contributed by atoms with Gasteiger partial charge in [0, 0.05) is 42.5 Å². The lowest BCUT2D eigenvalue weighted by Crippen LogP contribution is -2.47. The number of H-pyrrole nitrogens is 1. The Morgan fingerprint density at radius 2 is 2.14 bits per heavy atom. The maximum absolute atomic E-state index is 13.9. The van der Waals surface area contributed by atoms with Crippen LogP contribution in [0.2, 0.25) is 0 Å². The second-order valence-electron chi connectivity index (χ2n) is 8.50. The van der Waals surface area contributed by atoms with E-state index in [0.717, 1.165) is 29.5 Å². The zero-order valence-corrected chi connectivity index (χ0v) is 16.3. The smallest absolute Gasteiger partial charge is 0.399 e. The van der Waals surface area contributed by atoms with Crippen molar-refractivity contribution in [3.8, 4) is 0 Å². The molecule has 4 rings (SSSR count). The monoisotopic (exact) mass is 409 g/mol. The standard InChI is InChI=1S/C20H26F3N5O/c1-12-4-13-5-14(16-8-26-27-18(12)16)9-28(10-15(6-13)25-11-29)17(7-24)19(2-3-19)20(21,22)23/h4,7-8,11,13-15H,2-3,5-6,9-10,24H2,1H3,(H,25,29)(H,26,27)/b17-7-. The van der Waals surface area contributed by atoms with Crippen LogP contribution in [-0.4, -0.2) is 46.8 Å². The highest BCUT2D eigenvalue weighted by Crippen LogP contribution is 2.63. The minimum Gasteiger partial charge on any atom is -0.403 e. The molecular formula is C20H26F3N5O. The molecule has 1 saturated carbocycles. The Morgan fingerprint density at radius 1 is 1.38 bits per heavy atom. The molecule has 158 valence electrons. The van der Waals surface area contributed by atoms with Crippen LogP contribution in [0.1, 0.15) is 49.8 Å². The predicted molar refractivity (Wildman–Crippen MR) is 102 cm³/mol. The van der Waals surface area contributed by atoms with Crippen molar-refractivity contribution in [1.29, 1.82) is 0 Å². The quantitative estimate of drug-likeness (QED) is 0.668. The van der Waals surface area contributed by atoms with Crippen molar-refractivity contribution in [1.82, 2.24) is 20.4 Å². The van der Waals surface area contributed by atoms with Gasteiger partial charge in [0.05, 0.1) is 11.9 Å². The van der Waals surface area contributed by atoms with Crippen LogP contribution in [0, 0.1) is 11.3 Å². The zero-order chi connectivity index (χ0) is 20.8. The number of carbonyl (C=O) groups excluding carboxylic acids is 1. The van der Waals surface area contributed by atoms with Crippen LogP contribution in [-0.2, 0) is 4.79 Å². The molecule has 4 N–H and O–H groups in total. The summed E-state index contributed by atoms with van der Waals surface area (Å²) in [7, 11) is 0. The number of hydrogen-bond acceptors (Lipinski definition) is 4. The number of amides is 1. The summed E-state index contributed by atoms with van der Waals surface area (Å²) in [5.41, 5.74) is 7.07. The molecule has 1 amide bonds. The van der Waals surface area contributed by atoms with Gasteiger partial charge < -0.3 is 16.0 Å². The maximum Gasteiger partial charge on any atom is 0.399 e. The lowest BCUT2D eigenvalue weighted by atomic mass is 9.84. The van der Waals surface area contributed by atoms with Gasteiger partial charge in [0.15, 0.2) is 0 Å². The molecule has 29 heavy (non-hydrogen) atoms. The molecule has 3 atom stereocenters. The van der Waals surface area contributed by atoms with E-state index in [4.69, 9.17) is 5.73 Å². The molecule has 1 aromatic rings. The number of allylic oxidation sites excluding steroid dienone is 3. The Labute approximate surface area is 167 Å². The number of halogens is 3. The van der Waals surface area contributed by atoms with E-state index in [1.165, 1.54) is 0 Å². The van der Waals surface area contributed by atoms with E-state index < -0.39 is 11.6 Å². The first-order valence-electron chi connectivity index (χ1n) is 9.95. The van der Waals surface area contributed by atoms with Crippen LogP contribution in [0.5, 0.6) is 0 Å². The number of alkyl halides is 3. The van der Waals surface area contributed by atoms with E-state index in [9.17, 15) is 18.0 Å². The van der Waals surface area contributed by atoms with Gasteiger partial charge >= 0.3 is 6.18 Å². The Bertz CT molecular complexity index is 839. The van der Waals surface area contributed by atoms with Crippen molar-refractivity contribution in [3.05, 3.63) is 35.4 Å². The molecular weight excluding hydrogens is 383 g/mol. The molecule has 2 aliphatic carbocycles. The number of hydrogen-bond donors (Lipinski definition) is 3. The van der Waals surface area contributed by atoms with Crippen molar-refractivity contribution in [2.24, 2.45) is 17.1 Å². The summed E-state index contributed by atoms with van der Waals surface area (Å²) in [5, 5.41) is 10.0. The lowest BCUT2D eigenvalue weighted by Gasteiger charge is -2.40. The molecule has 3 aliphatic rings. The SMILES string of the molecule is CC1=CC2CC(NC=O)CN(/C(=C\N)C3(C(F)(F)F)CC3)CC(C2)c2cn[nH]c21. The molecule has 0 spiro atoms. The molecule has 1 saturated heterocycles. The zero-order valence-electron chi connectivity index (χ0n) is 16.3. The molecule has 0 radical (unpaired) electrons. The molecule has 3 unspecified atom stereocenters. The number of rotatable bonds is 4. The lowest BCUT2D eigenvalue weighted by molar-refractivity contribution is -0.180. The van der Waals surface area contributed by atoms with Gasteiger partial charge in [0.25, 0.3) is 0 Å². The Balaban J connectivity index is 1.72. The number of aromatic nitrogens is 2. The summed E-state index contributed by atoms with van der Waals surface area (Å²) in [6, 6.07) is -0.254. The van der Waals surface area contributed by atoms with Crippen molar-refractivity contribution >= 4 is 12.0 Å². The summed E-state index contributed by atoms with van der Waals surface area (Å²) >= 11 is 0. The number of nitrogens with zero attached hydrogens (tertiary/aromatic N) is 2. The molecule has 1 aromatic heterocycles. The summed E-state index contributed by atoms with van der Waals surface area (Å²) in [6.45, 7) is 2.72. The van der Waals surface area contributed by atoms with Crippen molar-refractivity contribution in [2.75, 3.05) is 13.1 Å². The van der Waals surface area contributed by atoms with Crippen LogP contribution in [0.25, 0.3) is 5.57 Å². The Kier molecular flexibility index (Phi) is 4.86. The van der Waals surface area contributed by atoms with Crippen molar-refractivity contribution in [2.45, 2.75) is 50.7 Å². The van der Waals surface area contributed by atoms with Crippen LogP contribution in [0.3, 0.4) is 0 Å². The largest absolute Gasteiger partial charge is 0.403 e. The second kappa shape index (κ2) is 7.11. The van der Waals surface area contributed by atoms with Gasteiger partial charge in [0.1, 0.15) is 5.41 Å². The highest BCUT2D eigenvalue weighted by molar-refractivity contribution is 5.65. The summed E-state index contributed by atoms with van der Waals surface area (Å²) in [6.07, 6.45) is 2.91. The fraction of sp³-hybridized carbons (Fsp3) is 0.600. The van der Waals surface area contributed by atoms with E-state index in [2.05, 4.69) is 21.6 Å². The van der Waals surface area contributed by atoms with E-state index in [-0.39, 0.29) is 36.4 Å². The average Bonchev–Trinajstić information content (AvgIpc) is 3.31. The predicted octanol–water partition coefficient (Wildman–Crippen LogP) is 2.88. The number of likely N-dealkylation sites (tertiary alicyclic amines) is 1. The molecule has 2 heterocycles. The minimum absolute atomic E-state index is 0.0265. The number of nitrogens with one attached hydrogen (secondary N) is 2.